The van der Waals surface area contributed by atoms with Crippen LogP contribution in [0, 0.1) is 11.7 Å². The van der Waals surface area contributed by atoms with Gasteiger partial charge >= 0.3 is 0 Å². The number of halogens is 1. The zero-order chi connectivity index (χ0) is 19.8. The van der Waals surface area contributed by atoms with Crippen LogP contribution >= 0.6 is 0 Å². The first kappa shape index (κ1) is 19.5. The lowest BCUT2D eigenvalue weighted by Gasteiger charge is -2.51. The second kappa shape index (κ2) is 7.55. The molecule has 3 fully saturated rings. The van der Waals surface area contributed by atoms with Crippen molar-refractivity contribution in [3.05, 3.63) is 18.2 Å². The van der Waals surface area contributed by atoms with Gasteiger partial charge in [-0.3, -0.25) is 4.79 Å². The van der Waals surface area contributed by atoms with Gasteiger partial charge in [-0.05, 0) is 32.6 Å². The van der Waals surface area contributed by atoms with Gasteiger partial charge in [-0.25, -0.2) is 14.4 Å². The third-order valence-corrected chi connectivity index (χ3v) is 6.59. The summed E-state index contributed by atoms with van der Waals surface area (Å²) in [5.74, 6) is 0.186. The van der Waals surface area contributed by atoms with Gasteiger partial charge in [-0.2, -0.15) is 0 Å². The summed E-state index contributed by atoms with van der Waals surface area (Å²) in [6.07, 6.45) is 8.37. The van der Waals surface area contributed by atoms with Crippen LogP contribution in [0.1, 0.15) is 51.9 Å². The van der Waals surface area contributed by atoms with E-state index in [0.29, 0.717) is 32.1 Å². The molecule has 8 heteroatoms. The summed E-state index contributed by atoms with van der Waals surface area (Å²) in [5, 5.41) is 14.1. The molecule has 0 radical (unpaired) electrons. The highest BCUT2D eigenvalue weighted by Crippen LogP contribution is 2.40. The van der Waals surface area contributed by atoms with E-state index in [1.54, 1.807) is 6.92 Å². The molecule has 4 rings (SSSR count). The highest BCUT2D eigenvalue weighted by atomic mass is 19.1. The Morgan fingerprint density at radius 3 is 2.54 bits per heavy atom. The van der Waals surface area contributed by atoms with Crippen molar-refractivity contribution in [1.82, 2.24) is 15.3 Å². The second-order valence-corrected chi connectivity index (χ2v) is 8.76. The Bertz CT molecular complexity index is 698. The molecular weight excluding hydrogens is 363 g/mol. The number of piperidine rings is 1. The van der Waals surface area contributed by atoms with Crippen molar-refractivity contribution in [2.45, 2.75) is 69.1 Å². The summed E-state index contributed by atoms with van der Waals surface area (Å²) in [6, 6.07) is -0.385. The molecule has 0 bridgehead atoms. The van der Waals surface area contributed by atoms with E-state index in [9.17, 15) is 14.3 Å². The van der Waals surface area contributed by atoms with Crippen molar-refractivity contribution >= 4 is 11.9 Å². The molecule has 2 atom stereocenters. The standard InChI is InChI=1S/C20H29FN4O3/c1-19(27)13-20(28-12-16(19)24-17(26)14-4-2-3-5-14)6-8-25(9-7-20)18-22-10-15(21)11-23-18/h10-11,14,16,27H,2-9,12-13H2,1H3,(H,24,26)/t16-,19-/m0/s1. The van der Waals surface area contributed by atoms with E-state index in [1.807, 2.05) is 4.90 Å². The molecule has 3 aliphatic rings. The molecule has 2 saturated heterocycles. The zero-order valence-electron chi connectivity index (χ0n) is 16.4. The van der Waals surface area contributed by atoms with Crippen LogP contribution in [0.3, 0.4) is 0 Å². The van der Waals surface area contributed by atoms with Crippen molar-refractivity contribution in [1.29, 1.82) is 0 Å². The molecule has 3 heterocycles. The summed E-state index contributed by atoms with van der Waals surface area (Å²) in [4.78, 5) is 22.6. The summed E-state index contributed by atoms with van der Waals surface area (Å²) in [6.45, 7) is 3.48. The predicted molar refractivity (Wildman–Crippen MR) is 101 cm³/mol. The number of hydrogen-bond acceptors (Lipinski definition) is 6. The van der Waals surface area contributed by atoms with Gasteiger partial charge in [0.05, 0.1) is 36.2 Å². The average molecular weight is 392 g/mol. The fourth-order valence-electron chi connectivity index (χ4n) is 4.84. The van der Waals surface area contributed by atoms with Crippen molar-refractivity contribution in [3.8, 4) is 0 Å². The number of aromatic nitrogens is 2. The van der Waals surface area contributed by atoms with Gasteiger partial charge < -0.3 is 20.1 Å². The Labute approximate surface area is 164 Å². The van der Waals surface area contributed by atoms with E-state index >= 15 is 0 Å². The normalized spacial score (nSPS) is 30.5. The maximum atomic E-state index is 13.0. The molecular formula is C20H29FN4O3. The Morgan fingerprint density at radius 2 is 1.93 bits per heavy atom. The molecule has 1 aromatic heterocycles. The molecule has 0 unspecified atom stereocenters. The average Bonchev–Trinajstić information content (AvgIpc) is 3.20. The van der Waals surface area contributed by atoms with E-state index in [4.69, 9.17) is 4.74 Å². The maximum absolute atomic E-state index is 13.0. The number of nitrogens with zero attached hydrogens (tertiary/aromatic N) is 3. The molecule has 1 spiro atoms. The molecule has 2 aliphatic heterocycles. The number of carbonyl (C=O) groups excluding carboxylic acids is 1. The van der Waals surface area contributed by atoms with Crippen molar-refractivity contribution in [2.75, 3.05) is 24.6 Å². The van der Waals surface area contributed by atoms with Crippen LogP contribution in [0.4, 0.5) is 10.3 Å². The fraction of sp³-hybridized carbons (Fsp3) is 0.750. The monoisotopic (exact) mass is 392 g/mol. The summed E-state index contributed by atoms with van der Waals surface area (Å²) in [7, 11) is 0. The number of carbonyl (C=O) groups is 1. The number of nitrogens with one attached hydrogen (secondary N) is 1. The largest absolute Gasteiger partial charge is 0.388 e. The molecule has 7 nitrogen and oxygen atoms in total. The van der Waals surface area contributed by atoms with Gasteiger partial charge in [0.15, 0.2) is 5.82 Å². The fourth-order valence-corrected chi connectivity index (χ4v) is 4.84. The lowest BCUT2D eigenvalue weighted by Crippen LogP contribution is -2.64. The number of ether oxygens (including phenoxy) is 1. The van der Waals surface area contributed by atoms with E-state index in [0.717, 1.165) is 38.5 Å². The zero-order valence-corrected chi connectivity index (χ0v) is 16.4. The van der Waals surface area contributed by atoms with Gasteiger partial charge in [0, 0.05) is 25.4 Å². The minimum atomic E-state index is -1.01. The Hall–Kier alpha value is -1.80. The van der Waals surface area contributed by atoms with Crippen LogP contribution in [0.25, 0.3) is 0 Å². The van der Waals surface area contributed by atoms with Crippen LogP contribution in [0.5, 0.6) is 0 Å². The molecule has 1 amide bonds. The quantitative estimate of drug-likeness (QED) is 0.816. The molecule has 154 valence electrons. The predicted octanol–water partition coefficient (Wildman–Crippen LogP) is 1.80. The van der Waals surface area contributed by atoms with Gasteiger partial charge in [0.1, 0.15) is 0 Å². The molecule has 2 N–H and O–H groups in total. The Morgan fingerprint density at radius 1 is 1.29 bits per heavy atom. The van der Waals surface area contributed by atoms with Crippen molar-refractivity contribution < 1.29 is 19.0 Å². The van der Waals surface area contributed by atoms with E-state index < -0.39 is 17.0 Å². The number of amides is 1. The Kier molecular flexibility index (Phi) is 5.26. The number of hydrogen-bond donors (Lipinski definition) is 2. The molecule has 0 aromatic carbocycles. The second-order valence-electron chi connectivity index (χ2n) is 8.76. The third kappa shape index (κ3) is 3.98. The summed E-state index contributed by atoms with van der Waals surface area (Å²) < 4.78 is 19.2. The van der Waals surface area contributed by atoms with Crippen LogP contribution < -0.4 is 10.2 Å². The molecule has 1 aromatic rings. The summed E-state index contributed by atoms with van der Waals surface area (Å²) in [5.41, 5.74) is -1.42. The first-order valence-corrected chi connectivity index (χ1v) is 10.3. The van der Waals surface area contributed by atoms with E-state index in [-0.39, 0.29) is 17.9 Å². The number of aliphatic hydroxyl groups is 1. The van der Waals surface area contributed by atoms with Crippen LogP contribution in [-0.4, -0.2) is 57.9 Å². The van der Waals surface area contributed by atoms with Crippen LogP contribution in [0.15, 0.2) is 12.4 Å². The third-order valence-electron chi connectivity index (χ3n) is 6.59. The van der Waals surface area contributed by atoms with E-state index in [1.165, 1.54) is 12.4 Å². The van der Waals surface area contributed by atoms with Gasteiger partial charge in [-0.15, -0.1) is 0 Å². The highest BCUT2D eigenvalue weighted by molar-refractivity contribution is 5.79. The smallest absolute Gasteiger partial charge is 0.225 e. The van der Waals surface area contributed by atoms with Crippen molar-refractivity contribution in [3.63, 3.8) is 0 Å². The van der Waals surface area contributed by atoms with Gasteiger partial charge in [0.2, 0.25) is 11.9 Å². The molecule has 1 aliphatic carbocycles. The van der Waals surface area contributed by atoms with Crippen LogP contribution in [-0.2, 0) is 9.53 Å². The number of rotatable bonds is 3. The van der Waals surface area contributed by atoms with Crippen LogP contribution in [0.2, 0.25) is 0 Å². The lowest BCUT2D eigenvalue weighted by molar-refractivity contribution is -0.181. The topological polar surface area (TPSA) is 87.6 Å². The van der Waals surface area contributed by atoms with E-state index in [2.05, 4.69) is 15.3 Å². The minimum absolute atomic E-state index is 0.0469. The lowest BCUT2D eigenvalue weighted by atomic mass is 9.75. The number of anilines is 1. The minimum Gasteiger partial charge on any atom is -0.388 e. The summed E-state index contributed by atoms with van der Waals surface area (Å²) >= 11 is 0. The highest BCUT2D eigenvalue weighted by Gasteiger charge is 2.50. The molecule has 28 heavy (non-hydrogen) atoms. The van der Waals surface area contributed by atoms with Gasteiger partial charge in [0.25, 0.3) is 0 Å². The van der Waals surface area contributed by atoms with Crippen molar-refractivity contribution in [2.24, 2.45) is 5.92 Å². The van der Waals surface area contributed by atoms with Gasteiger partial charge in [-0.1, -0.05) is 12.8 Å². The molecule has 1 saturated carbocycles. The first-order chi connectivity index (χ1) is 13.4. The maximum Gasteiger partial charge on any atom is 0.225 e. The first-order valence-electron chi connectivity index (χ1n) is 10.3. The Balaban J connectivity index is 1.35. The SMILES string of the molecule is C[C@]1(O)CC2(CCN(c3ncc(F)cn3)CC2)OC[C@@H]1NC(=O)C1CCCC1.